The summed E-state index contributed by atoms with van der Waals surface area (Å²) in [5.41, 5.74) is 5.11. The van der Waals surface area contributed by atoms with E-state index in [1.54, 1.807) is 0 Å². The fraction of sp³-hybridized carbons (Fsp3) is 0.500. The Morgan fingerprint density at radius 2 is 1.28 bits per heavy atom. The van der Waals surface area contributed by atoms with Gasteiger partial charge in [0.15, 0.2) is 0 Å². The van der Waals surface area contributed by atoms with Gasteiger partial charge in [-0.25, -0.2) is 0 Å². The van der Waals surface area contributed by atoms with Crippen LogP contribution in [-0.2, 0) is 31.0 Å². The maximum absolute atomic E-state index is 13.7. The van der Waals surface area contributed by atoms with E-state index in [2.05, 4.69) is 136 Å². The van der Waals surface area contributed by atoms with Gasteiger partial charge in [0.25, 0.3) is 5.56 Å². The van der Waals surface area contributed by atoms with Crippen molar-refractivity contribution in [3.05, 3.63) is 88.4 Å². The van der Waals surface area contributed by atoms with Crippen molar-refractivity contribution >= 4 is 68.1 Å². The number of nitrogens with zero attached hydrogens (tertiary/aromatic N) is 5. The van der Waals surface area contributed by atoms with Crippen molar-refractivity contribution in [2.24, 2.45) is 0 Å². The third-order valence-electron chi connectivity index (χ3n) is 9.90. The van der Waals surface area contributed by atoms with Crippen molar-refractivity contribution in [2.45, 2.75) is 71.6 Å². The Bertz CT molecular complexity index is 1780. The molecule has 0 atom stereocenters. The summed E-state index contributed by atoms with van der Waals surface area (Å²) in [6, 6.07) is 17.5. The number of hydrogen-bond acceptors (Lipinski definition) is 7. The second-order valence-electron chi connectivity index (χ2n) is 13.8. The molecule has 50 heavy (non-hydrogen) atoms. The molecule has 2 aliphatic heterocycles. The highest BCUT2D eigenvalue weighted by Crippen LogP contribution is 2.24. The molecule has 4 heterocycles. The number of piperazine rings is 2. The predicted octanol–water partition coefficient (Wildman–Crippen LogP) is 6.40. The summed E-state index contributed by atoms with van der Waals surface area (Å²) >= 11 is 4.76. The molecule has 0 saturated carbocycles. The molecule has 2 fully saturated rings. The van der Waals surface area contributed by atoms with Crippen LogP contribution >= 0.6 is 45.2 Å². The summed E-state index contributed by atoms with van der Waals surface area (Å²) in [4.78, 5) is 47.5. The monoisotopic (exact) mass is 904 g/mol. The Labute approximate surface area is 323 Å². The average Bonchev–Trinajstić information content (AvgIpc) is 3.43. The van der Waals surface area contributed by atoms with Gasteiger partial charge in [-0.3, -0.25) is 39.5 Å². The number of aromatic amines is 2. The molecular formula is C38H50I2N8O2. The van der Waals surface area contributed by atoms with E-state index in [1.807, 2.05) is 0 Å². The third kappa shape index (κ3) is 10.6. The zero-order valence-corrected chi connectivity index (χ0v) is 33.5. The van der Waals surface area contributed by atoms with Gasteiger partial charge in [-0.05, 0) is 87.0 Å². The van der Waals surface area contributed by atoms with Crippen LogP contribution in [0.5, 0.6) is 0 Å². The van der Waals surface area contributed by atoms with Crippen molar-refractivity contribution in [2.75, 3.05) is 57.7 Å². The molecule has 0 unspecified atom stereocenters. The summed E-state index contributed by atoms with van der Waals surface area (Å²) in [6.07, 6.45) is 5.81. The number of carbonyl (C=O) groups is 1. The van der Waals surface area contributed by atoms with E-state index in [4.69, 9.17) is 4.98 Å². The number of nitrogens with one attached hydrogen (secondary N) is 3. The quantitative estimate of drug-likeness (QED) is 0.0939. The number of H-pyrrole nitrogens is 2. The molecule has 2 aromatic heterocycles. The zero-order chi connectivity index (χ0) is 34.9. The van der Waals surface area contributed by atoms with E-state index in [1.165, 1.54) is 31.1 Å². The van der Waals surface area contributed by atoms with E-state index in [0.29, 0.717) is 24.0 Å². The molecule has 0 spiro atoms. The van der Waals surface area contributed by atoms with Crippen molar-refractivity contribution in [3.8, 4) is 0 Å². The Kier molecular flexibility index (Phi) is 13.8. The summed E-state index contributed by atoms with van der Waals surface area (Å²) < 4.78 is 2.54. The minimum Gasteiger partial charge on any atom is -0.341 e. The third-order valence-corrected chi connectivity index (χ3v) is 11.2. The topological polar surface area (TPSA) is 104 Å². The van der Waals surface area contributed by atoms with E-state index in [0.717, 1.165) is 103 Å². The molecule has 4 aromatic rings. The molecule has 0 aliphatic carbocycles. The summed E-state index contributed by atoms with van der Waals surface area (Å²) in [6.45, 7) is 13.3. The predicted molar refractivity (Wildman–Crippen MR) is 218 cm³/mol. The molecule has 0 radical (unpaired) electrons. The lowest BCUT2D eigenvalue weighted by molar-refractivity contribution is -0.116. The number of hydrogen-bond donors (Lipinski definition) is 3. The first kappa shape index (κ1) is 37.4. The van der Waals surface area contributed by atoms with Gasteiger partial charge in [0.2, 0.25) is 11.9 Å². The first-order chi connectivity index (χ1) is 24.3. The maximum atomic E-state index is 13.7. The molecular weight excluding hydrogens is 854 g/mol. The standard InChI is InChI=1S/C38H50I2N8O2/c1-2-3-4-5-6-13-34(49)42-38-43-36-35(37(50)44-38)32(26-47-18-14-45(15-19-47)24-28-9-7-11-30(39)22-28)33(41-36)27-48-20-16-46(17-21-48)25-29-10-8-12-31(40)23-29/h7-12,22-23H,2-6,13-21,24-27H2,1H3,(H3,41,42,43,44,49,50). The maximum Gasteiger partial charge on any atom is 0.262 e. The summed E-state index contributed by atoms with van der Waals surface area (Å²) in [5, 5.41) is 3.46. The first-order valence-corrected chi connectivity index (χ1v) is 20.3. The van der Waals surface area contributed by atoms with Crippen LogP contribution in [0.15, 0.2) is 53.3 Å². The number of halogens is 2. The second kappa shape index (κ2) is 18.4. The van der Waals surface area contributed by atoms with E-state index < -0.39 is 0 Å². The normalized spacial score (nSPS) is 16.7. The Hall–Kier alpha value is -2.37. The molecule has 1 amide bonds. The highest BCUT2D eigenvalue weighted by molar-refractivity contribution is 14.1. The lowest BCUT2D eigenvalue weighted by atomic mass is 10.1. The van der Waals surface area contributed by atoms with Gasteiger partial charge in [-0.1, -0.05) is 56.9 Å². The van der Waals surface area contributed by atoms with Crippen molar-refractivity contribution in [1.29, 1.82) is 0 Å². The van der Waals surface area contributed by atoms with Crippen molar-refractivity contribution in [3.63, 3.8) is 0 Å². The molecule has 0 bridgehead atoms. The van der Waals surface area contributed by atoms with Gasteiger partial charge in [0.1, 0.15) is 5.65 Å². The van der Waals surface area contributed by atoms with Crippen LogP contribution in [0, 0.1) is 7.14 Å². The van der Waals surface area contributed by atoms with Gasteiger partial charge in [-0.15, -0.1) is 0 Å². The average molecular weight is 905 g/mol. The molecule has 6 rings (SSSR count). The van der Waals surface area contributed by atoms with Crippen LogP contribution in [0.4, 0.5) is 5.95 Å². The van der Waals surface area contributed by atoms with Crippen molar-refractivity contribution in [1.82, 2.24) is 34.6 Å². The number of benzene rings is 2. The number of carbonyl (C=O) groups excluding carboxylic acids is 1. The molecule has 10 nitrogen and oxygen atoms in total. The van der Waals surface area contributed by atoms with Crippen LogP contribution in [0.25, 0.3) is 11.0 Å². The van der Waals surface area contributed by atoms with Crippen molar-refractivity contribution < 1.29 is 4.79 Å². The van der Waals surface area contributed by atoms with E-state index >= 15 is 0 Å². The molecule has 2 saturated heterocycles. The van der Waals surface area contributed by atoms with Gasteiger partial charge in [-0.2, -0.15) is 4.98 Å². The number of unbranched alkanes of at least 4 members (excludes halogenated alkanes) is 4. The fourth-order valence-corrected chi connectivity index (χ4v) is 8.33. The largest absolute Gasteiger partial charge is 0.341 e. The Morgan fingerprint density at radius 1 is 0.740 bits per heavy atom. The van der Waals surface area contributed by atoms with Gasteiger partial charge < -0.3 is 4.98 Å². The van der Waals surface area contributed by atoms with E-state index in [-0.39, 0.29) is 17.4 Å². The van der Waals surface area contributed by atoms with Crippen LogP contribution < -0.4 is 10.9 Å². The fourth-order valence-electron chi connectivity index (χ4n) is 7.11. The summed E-state index contributed by atoms with van der Waals surface area (Å²) in [7, 11) is 0. The summed E-state index contributed by atoms with van der Waals surface area (Å²) in [5.74, 6) is 0.107. The number of fused-ring (bicyclic) bond motifs is 1. The Balaban J connectivity index is 1.14. The lowest BCUT2D eigenvalue weighted by Gasteiger charge is -2.36. The number of amides is 1. The van der Waals surface area contributed by atoms with Crippen LogP contribution in [-0.4, -0.2) is 92.8 Å². The van der Waals surface area contributed by atoms with Gasteiger partial charge in [0.05, 0.1) is 5.39 Å². The minimum absolute atomic E-state index is 0.109. The molecule has 3 N–H and O–H groups in total. The molecule has 2 aliphatic rings. The van der Waals surface area contributed by atoms with Gasteiger partial charge >= 0.3 is 0 Å². The zero-order valence-electron chi connectivity index (χ0n) is 29.2. The molecule has 268 valence electrons. The number of anilines is 1. The second-order valence-corrected chi connectivity index (χ2v) is 16.3. The van der Waals surface area contributed by atoms with E-state index in [9.17, 15) is 9.59 Å². The SMILES string of the molecule is CCCCCCCC(=O)Nc1nc2[nH]c(CN3CCN(Cc4cccc(I)c4)CC3)c(CN3CCN(Cc4cccc(I)c4)CC3)c2c(=O)[nH]1. The van der Waals surface area contributed by atoms with Crippen LogP contribution in [0.2, 0.25) is 0 Å². The first-order valence-electron chi connectivity index (χ1n) is 18.1. The van der Waals surface area contributed by atoms with Gasteiger partial charge in [0, 0.05) is 103 Å². The minimum atomic E-state index is -0.203. The number of aromatic nitrogens is 3. The highest BCUT2D eigenvalue weighted by atomic mass is 127. The number of rotatable bonds is 15. The lowest BCUT2D eigenvalue weighted by Crippen LogP contribution is -2.46. The molecule has 12 heteroatoms. The van der Waals surface area contributed by atoms with Crippen LogP contribution in [0.1, 0.15) is 67.8 Å². The van der Waals surface area contributed by atoms with Crippen LogP contribution in [0.3, 0.4) is 0 Å². The smallest absolute Gasteiger partial charge is 0.262 e. The highest BCUT2D eigenvalue weighted by Gasteiger charge is 2.25. The Morgan fingerprint density at radius 3 is 1.84 bits per heavy atom. The molecule has 2 aromatic carbocycles.